The lowest BCUT2D eigenvalue weighted by molar-refractivity contribution is 0.297. The van der Waals surface area contributed by atoms with Crippen LogP contribution in [0.15, 0.2) is 0 Å². The van der Waals surface area contributed by atoms with Crippen LogP contribution in [0.2, 0.25) is 0 Å². The van der Waals surface area contributed by atoms with Crippen molar-refractivity contribution in [3.63, 3.8) is 0 Å². The van der Waals surface area contributed by atoms with Crippen LogP contribution in [0.5, 0.6) is 0 Å². The number of hydrogen-bond acceptors (Lipinski definition) is 1. The van der Waals surface area contributed by atoms with Crippen molar-refractivity contribution in [2.24, 2.45) is 17.6 Å². The lowest BCUT2D eigenvalue weighted by Gasteiger charge is -2.24. The van der Waals surface area contributed by atoms with Crippen LogP contribution in [0.1, 0.15) is 53.4 Å². The van der Waals surface area contributed by atoms with E-state index in [-0.39, 0.29) is 0 Å². The van der Waals surface area contributed by atoms with Gasteiger partial charge in [0.05, 0.1) is 0 Å². The van der Waals surface area contributed by atoms with E-state index in [1.54, 1.807) is 0 Å². The third-order valence-corrected chi connectivity index (χ3v) is 3.06. The van der Waals surface area contributed by atoms with Crippen molar-refractivity contribution in [2.75, 3.05) is 0 Å². The Labute approximate surface area is 77.7 Å². The number of nitrogens with two attached hydrogens (primary N) is 1. The summed E-state index contributed by atoms with van der Waals surface area (Å²) in [5.74, 6) is 1.47. The van der Waals surface area contributed by atoms with Crippen molar-refractivity contribution < 1.29 is 0 Å². The fourth-order valence-corrected chi connectivity index (χ4v) is 1.58. The van der Waals surface area contributed by atoms with Gasteiger partial charge in [0.2, 0.25) is 0 Å². The van der Waals surface area contributed by atoms with Gasteiger partial charge >= 0.3 is 0 Å². The standard InChI is InChI=1S/C11H25N/c1-5-7-8-9(3)10(4)11(12)6-2/h9-11H,5-8,12H2,1-4H3. The van der Waals surface area contributed by atoms with Crippen molar-refractivity contribution in [1.29, 1.82) is 0 Å². The highest BCUT2D eigenvalue weighted by Crippen LogP contribution is 2.21. The van der Waals surface area contributed by atoms with Crippen LogP contribution in [0.25, 0.3) is 0 Å². The molecule has 0 aromatic rings. The normalized spacial score (nSPS) is 18.8. The molecular formula is C11H25N. The molecule has 0 bridgehead atoms. The predicted octanol–water partition coefficient (Wildman–Crippen LogP) is 3.19. The smallest absolute Gasteiger partial charge is 0.00644 e. The van der Waals surface area contributed by atoms with Crippen molar-refractivity contribution in [1.82, 2.24) is 0 Å². The molecule has 0 saturated heterocycles. The molecule has 3 atom stereocenters. The molecule has 0 saturated carbocycles. The Balaban J connectivity index is 3.67. The zero-order chi connectivity index (χ0) is 9.56. The van der Waals surface area contributed by atoms with E-state index in [4.69, 9.17) is 5.73 Å². The minimum absolute atomic E-state index is 0.400. The Morgan fingerprint density at radius 1 is 1.17 bits per heavy atom. The molecule has 0 rings (SSSR count). The van der Waals surface area contributed by atoms with Gasteiger partial charge in [-0.05, 0) is 18.3 Å². The van der Waals surface area contributed by atoms with E-state index in [0.29, 0.717) is 12.0 Å². The van der Waals surface area contributed by atoms with Gasteiger partial charge in [-0.1, -0.05) is 47.0 Å². The van der Waals surface area contributed by atoms with Gasteiger partial charge in [-0.3, -0.25) is 0 Å². The van der Waals surface area contributed by atoms with Crippen molar-refractivity contribution in [3.8, 4) is 0 Å². The molecule has 0 aromatic heterocycles. The van der Waals surface area contributed by atoms with Crippen LogP contribution in [-0.4, -0.2) is 6.04 Å². The van der Waals surface area contributed by atoms with Gasteiger partial charge in [-0.2, -0.15) is 0 Å². The maximum absolute atomic E-state index is 5.99. The summed E-state index contributed by atoms with van der Waals surface area (Å²) < 4.78 is 0. The first-order valence-electron chi connectivity index (χ1n) is 5.39. The molecule has 0 radical (unpaired) electrons. The lowest BCUT2D eigenvalue weighted by atomic mass is 9.85. The van der Waals surface area contributed by atoms with Crippen LogP contribution in [-0.2, 0) is 0 Å². The average Bonchev–Trinajstić information content (AvgIpc) is 2.11. The molecule has 3 unspecified atom stereocenters. The minimum Gasteiger partial charge on any atom is -0.327 e. The van der Waals surface area contributed by atoms with Crippen LogP contribution < -0.4 is 5.73 Å². The number of rotatable bonds is 6. The Kier molecular flexibility index (Phi) is 6.45. The van der Waals surface area contributed by atoms with Crippen LogP contribution >= 0.6 is 0 Å². The summed E-state index contributed by atoms with van der Waals surface area (Å²) in [5.41, 5.74) is 5.99. The summed E-state index contributed by atoms with van der Waals surface area (Å²) in [6, 6.07) is 0.400. The first-order valence-corrected chi connectivity index (χ1v) is 5.39. The van der Waals surface area contributed by atoms with E-state index in [1.807, 2.05) is 0 Å². The summed E-state index contributed by atoms with van der Waals surface area (Å²) in [6.45, 7) is 9.04. The fourth-order valence-electron chi connectivity index (χ4n) is 1.58. The quantitative estimate of drug-likeness (QED) is 0.652. The van der Waals surface area contributed by atoms with Crippen molar-refractivity contribution in [3.05, 3.63) is 0 Å². The van der Waals surface area contributed by atoms with E-state index >= 15 is 0 Å². The molecule has 0 aliphatic heterocycles. The molecule has 2 N–H and O–H groups in total. The zero-order valence-electron chi connectivity index (χ0n) is 9.14. The summed E-state index contributed by atoms with van der Waals surface area (Å²) in [4.78, 5) is 0. The molecule has 0 spiro atoms. The molecule has 0 heterocycles. The highest BCUT2D eigenvalue weighted by Gasteiger charge is 2.17. The Bertz CT molecular complexity index is 101. The van der Waals surface area contributed by atoms with Crippen LogP contribution in [0, 0.1) is 11.8 Å². The Morgan fingerprint density at radius 2 is 1.75 bits per heavy atom. The van der Waals surface area contributed by atoms with Gasteiger partial charge in [-0.15, -0.1) is 0 Å². The largest absolute Gasteiger partial charge is 0.327 e. The molecule has 74 valence electrons. The second kappa shape index (κ2) is 6.47. The van der Waals surface area contributed by atoms with Crippen LogP contribution in [0.4, 0.5) is 0 Å². The first kappa shape index (κ1) is 12.0. The molecular weight excluding hydrogens is 146 g/mol. The summed E-state index contributed by atoms with van der Waals surface area (Å²) in [7, 11) is 0. The molecule has 0 fully saturated rings. The van der Waals surface area contributed by atoms with Gasteiger partial charge in [0.1, 0.15) is 0 Å². The Morgan fingerprint density at radius 3 is 2.17 bits per heavy atom. The monoisotopic (exact) mass is 171 g/mol. The third-order valence-electron chi connectivity index (χ3n) is 3.06. The lowest BCUT2D eigenvalue weighted by Crippen LogP contribution is -2.31. The second-order valence-electron chi connectivity index (χ2n) is 4.05. The summed E-state index contributed by atoms with van der Waals surface area (Å²) in [6.07, 6.45) is 5.10. The van der Waals surface area contributed by atoms with Crippen molar-refractivity contribution in [2.45, 2.75) is 59.4 Å². The Hall–Kier alpha value is -0.0400. The number of hydrogen-bond donors (Lipinski definition) is 1. The summed E-state index contributed by atoms with van der Waals surface area (Å²) in [5, 5.41) is 0. The van der Waals surface area contributed by atoms with Gasteiger partial charge in [0.25, 0.3) is 0 Å². The van der Waals surface area contributed by atoms with E-state index in [1.165, 1.54) is 19.3 Å². The van der Waals surface area contributed by atoms with Crippen LogP contribution in [0.3, 0.4) is 0 Å². The van der Waals surface area contributed by atoms with Gasteiger partial charge in [0, 0.05) is 6.04 Å². The second-order valence-corrected chi connectivity index (χ2v) is 4.05. The SMILES string of the molecule is CCCCC(C)C(C)C(N)CC. The van der Waals surface area contributed by atoms with Gasteiger partial charge in [0.15, 0.2) is 0 Å². The van der Waals surface area contributed by atoms with E-state index in [0.717, 1.165) is 12.3 Å². The summed E-state index contributed by atoms with van der Waals surface area (Å²) >= 11 is 0. The molecule has 0 aliphatic rings. The first-order chi connectivity index (χ1) is 5.63. The molecule has 0 aliphatic carbocycles. The van der Waals surface area contributed by atoms with Gasteiger partial charge < -0.3 is 5.73 Å². The highest BCUT2D eigenvalue weighted by molar-refractivity contribution is 4.72. The fraction of sp³-hybridized carbons (Fsp3) is 1.00. The predicted molar refractivity (Wildman–Crippen MR) is 56.1 cm³/mol. The zero-order valence-corrected chi connectivity index (χ0v) is 9.14. The average molecular weight is 171 g/mol. The molecule has 12 heavy (non-hydrogen) atoms. The highest BCUT2D eigenvalue weighted by atomic mass is 14.6. The van der Waals surface area contributed by atoms with E-state index in [9.17, 15) is 0 Å². The molecule has 0 amide bonds. The molecule has 1 heteroatoms. The number of unbranched alkanes of at least 4 members (excludes halogenated alkanes) is 1. The van der Waals surface area contributed by atoms with E-state index in [2.05, 4.69) is 27.7 Å². The van der Waals surface area contributed by atoms with E-state index < -0.39 is 0 Å². The molecule has 0 aromatic carbocycles. The maximum Gasteiger partial charge on any atom is 0.00644 e. The third kappa shape index (κ3) is 4.10. The molecule has 1 nitrogen and oxygen atoms in total. The topological polar surface area (TPSA) is 26.0 Å². The van der Waals surface area contributed by atoms with Gasteiger partial charge in [-0.25, -0.2) is 0 Å². The van der Waals surface area contributed by atoms with Crippen molar-refractivity contribution >= 4 is 0 Å². The maximum atomic E-state index is 5.99. The minimum atomic E-state index is 0.400.